The normalized spacial score (nSPS) is 31.0. The number of hydrogen-bond donors (Lipinski definition) is 2. The molecule has 0 heterocycles. The maximum atomic E-state index is 13.3. The number of carbonyl (C=O) groups is 2. The molecule has 4 fully saturated rings. The second-order valence-electron chi connectivity index (χ2n) is 10.1. The maximum Gasteiger partial charge on any atom is 0.251 e. The molecule has 29 heavy (non-hydrogen) atoms. The number of nitrogens with zero attached hydrogens (tertiary/aromatic N) is 1. The van der Waals surface area contributed by atoms with Gasteiger partial charge in [-0.05, 0) is 89.4 Å². The molecule has 4 aliphatic carbocycles. The van der Waals surface area contributed by atoms with Gasteiger partial charge in [0.1, 0.15) is 6.04 Å². The molecule has 5 rings (SSSR count). The average Bonchev–Trinajstić information content (AvgIpc) is 2.65. The number of rotatable bonds is 7. The molecule has 1 aromatic rings. The Morgan fingerprint density at radius 2 is 1.59 bits per heavy atom. The molecule has 0 radical (unpaired) electrons. The van der Waals surface area contributed by atoms with Crippen LogP contribution in [0.4, 0.5) is 0 Å². The van der Waals surface area contributed by atoms with Crippen LogP contribution in [0, 0.1) is 30.1 Å². The van der Waals surface area contributed by atoms with E-state index in [-0.39, 0.29) is 17.2 Å². The van der Waals surface area contributed by atoms with E-state index in [9.17, 15) is 9.59 Å². The Morgan fingerprint density at radius 1 is 1.03 bits per heavy atom. The highest BCUT2D eigenvalue weighted by Gasteiger charge is 2.56. The Bertz CT molecular complexity index is 721. The van der Waals surface area contributed by atoms with Crippen molar-refractivity contribution in [3.8, 4) is 0 Å². The molecule has 0 unspecified atom stereocenters. The summed E-state index contributed by atoms with van der Waals surface area (Å²) in [6.07, 6.45) is 7.21. The molecule has 0 aliphatic heterocycles. The standard InChI is InChI=1S/C24H35N3O2/c1-16-4-6-20(7-5-16)22(28)26-21(23(29)25-8-9-27(2)3)24-13-17-10-18(14-24)12-19(11-17)15-24/h4-7,17-19,21H,8-15H2,1-3H3,(H,25,29)(H,26,28)/t17?,18?,19?,21-,24?/m0/s1. The van der Waals surface area contributed by atoms with Crippen LogP contribution < -0.4 is 10.6 Å². The van der Waals surface area contributed by atoms with E-state index in [0.29, 0.717) is 12.1 Å². The molecular formula is C24H35N3O2. The molecule has 4 aliphatic rings. The molecule has 2 amide bonds. The Labute approximate surface area is 174 Å². The minimum absolute atomic E-state index is 0.00531. The maximum absolute atomic E-state index is 13.3. The van der Waals surface area contributed by atoms with Gasteiger partial charge in [-0.2, -0.15) is 0 Å². The summed E-state index contributed by atoms with van der Waals surface area (Å²) >= 11 is 0. The van der Waals surface area contributed by atoms with Gasteiger partial charge in [0.05, 0.1) is 0 Å². The van der Waals surface area contributed by atoms with Crippen molar-refractivity contribution in [2.45, 2.75) is 51.5 Å². The van der Waals surface area contributed by atoms with E-state index in [4.69, 9.17) is 0 Å². The van der Waals surface area contributed by atoms with Crippen LogP contribution in [0.25, 0.3) is 0 Å². The van der Waals surface area contributed by atoms with Crippen LogP contribution in [0.5, 0.6) is 0 Å². The molecule has 5 nitrogen and oxygen atoms in total. The highest BCUT2D eigenvalue weighted by atomic mass is 16.2. The number of aryl methyl sites for hydroxylation is 1. The van der Waals surface area contributed by atoms with Crippen molar-refractivity contribution >= 4 is 11.8 Å². The zero-order valence-corrected chi connectivity index (χ0v) is 18.0. The van der Waals surface area contributed by atoms with Crippen LogP contribution in [0.2, 0.25) is 0 Å². The molecule has 2 N–H and O–H groups in total. The van der Waals surface area contributed by atoms with E-state index >= 15 is 0 Å². The van der Waals surface area contributed by atoms with Gasteiger partial charge in [-0.3, -0.25) is 9.59 Å². The third-order valence-corrected chi connectivity index (χ3v) is 7.41. The molecule has 5 heteroatoms. The molecule has 1 atom stereocenters. The zero-order chi connectivity index (χ0) is 20.6. The Kier molecular flexibility index (Phi) is 5.69. The lowest BCUT2D eigenvalue weighted by Crippen LogP contribution is -2.62. The number of nitrogens with one attached hydrogen (secondary N) is 2. The molecule has 1 aromatic carbocycles. The van der Waals surface area contributed by atoms with E-state index in [2.05, 4.69) is 15.5 Å². The third kappa shape index (κ3) is 4.35. The van der Waals surface area contributed by atoms with Crippen LogP contribution in [0.3, 0.4) is 0 Å². The van der Waals surface area contributed by atoms with E-state index < -0.39 is 6.04 Å². The summed E-state index contributed by atoms with van der Waals surface area (Å²) in [5.41, 5.74) is 1.68. The van der Waals surface area contributed by atoms with Gasteiger partial charge in [-0.1, -0.05) is 17.7 Å². The lowest BCUT2D eigenvalue weighted by molar-refractivity contribution is -0.134. The summed E-state index contributed by atoms with van der Waals surface area (Å²) in [7, 11) is 4.00. The third-order valence-electron chi connectivity index (χ3n) is 7.41. The fraction of sp³-hybridized carbons (Fsp3) is 0.667. The highest BCUT2D eigenvalue weighted by molar-refractivity contribution is 5.97. The van der Waals surface area contributed by atoms with E-state index in [0.717, 1.165) is 49.1 Å². The summed E-state index contributed by atoms with van der Waals surface area (Å²) in [4.78, 5) is 28.4. The minimum atomic E-state index is -0.438. The SMILES string of the molecule is Cc1ccc(C(=O)N[C@@H](C(=O)NCCN(C)C)C23CC4CC(CC(C4)C2)C3)cc1. The molecule has 0 aromatic heterocycles. The molecule has 0 spiro atoms. The van der Waals surface area contributed by atoms with E-state index in [1.807, 2.05) is 45.3 Å². The van der Waals surface area contributed by atoms with Crippen LogP contribution >= 0.6 is 0 Å². The van der Waals surface area contributed by atoms with Crippen molar-refractivity contribution in [2.75, 3.05) is 27.2 Å². The van der Waals surface area contributed by atoms with Gasteiger partial charge in [-0.15, -0.1) is 0 Å². The highest BCUT2D eigenvalue weighted by Crippen LogP contribution is 2.61. The second-order valence-corrected chi connectivity index (χ2v) is 10.1. The Morgan fingerprint density at radius 3 is 2.10 bits per heavy atom. The summed E-state index contributed by atoms with van der Waals surface area (Å²) in [5, 5.41) is 6.29. The van der Waals surface area contributed by atoms with Crippen molar-refractivity contribution in [1.29, 1.82) is 0 Å². The summed E-state index contributed by atoms with van der Waals surface area (Å²) < 4.78 is 0. The minimum Gasteiger partial charge on any atom is -0.353 e. The number of likely N-dealkylation sites (N-methyl/N-ethyl adjacent to an activating group) is 1. The lowest BCUT2D eigenvalue weighted by Gasteiger charge is -2.59. The quantitative estimate of drug-likeness (QED) is 0.744. The number of amides is 2. The molecule has 0 saturated heterocycles. The van der Waals surface area contributed by atoms with Gasteiger partial charge >= 0.3 is 0 Å². The lowest BCUT2D eigenvalue weighted by atomic mass is 9.47. The first-order valence-electron chi connectivity index (χ1n) is 11.1. The number of carbonyl (C=O) groups excluding carboxylic acids is 2. The molecular weight excluding hydrogens is 362 g/mol. The summed E-state index contributed by atoms with van der Waals surface area (Å²) in [6.45, 7) is 3.42. The predicted molar refractivity (Wildman–Crippen MR) is 115 cm³/mol. The van der Waals surface area contributed by atoms with Crippen molar-refractivity contribution in [1.82, 2.24) is 15.5 Å². The Balaban J connectivity index is 1.55. The van der Waals surface area contributed by atoms with Gasteiger partial charge in [0.25, 0.3) is 5.91 Å². The zero-order valence-electron chi connectivity index (χ0n) is 18.0. The van der Waals surface area contributed by atoms with Gasteiger partial charge in [0.2, 0.25) is 5.91 Å². The topological polar surface area (TPSA) is 61.4 Å². The van der Waals surface area contributed by atoms with Gasteiger partial charge in [-0.25, -0.2) is 0 Å². The first-order chi connectivity index (χ1) is 13.8. The van der Waals surface area contributed by atoms with Crippen LogP contribution in [0.1, 0.15) is 54.4 Å². The average molecular weight is 398 g/mol. The van der Waals surface area contributed by atoms with E-state index in [1.165, 1.54) is 19.3 Å². The van der Waals surface area contributed by atoms with Crippen molar-refractivity contribution in [3.63, 3.8) is 0 Å². The second kappa shape index (κ2) is 8.10. The molecule has 158 valence electrons. The number of hydrogen-bond acceptors (Lipinski definition) is 3. The fourth-order valence-electron chi connectivity index (χ4n) is 6.45. The van der Waals surface area contributed by atoms with Crippen molar-refractivity contribution in [2.24, 2.45) is 23.2 Å². The first-order valence-corrected chi connectivity index (χ1v) is 11.1. The molecule has 4 saturated carbocycles. The smallest absolute Gasteiger partial charge is 0.251 e. The van der Waals surface area contributed by atoms with Gasteiger partial charge < -0.3 is 15.5 Å². The molecule has 4 bridgehead atoms. The van der Waals surface area contributed by atoms with Crippen LogP contribution in [0.15, 0.2) is 24.3 Å². The van der Waals surface area contributed by atoms with Gasteiger partial charge in [0.15, 0.2) is 0 Å². The predicted octanol–water partition coefficient (Wildman–Crippen LogP) is 2.99. The van der Waals surface area contributed by atoms with Crippen LogP contribution in [-0.2, 0) is 4.79 Å². The summed E-state index contributed by atoms with van der Waals surface area (Å²) in [5.74, 6) is 2.06. The van der Waals surface area contributed by atoms with Crippen molar-refractivity contribution < 1.29 is 9.59 Å². The fourth-order valence-corrected chi connectivity index (χ4v) is 6.45. The van der Waals surface area contributed by atoms with Crippen molar-refractivity contribution in [3.05, 3.63) is 35.4 Å². The Hall–Kier alpha value is -1.88. The largest absolute Gasteiger partial charge is 0.353 e. The van der Waals surface area contributed by atoms with Crippen LogP contribution in [-0.4, -0.2) is 49.9 Å². The van der Waals surface area contributed by atoms with E-state index in [1.54, 1.807) is 0 Å². The number of benzene rings is 1. The summed E-state index contributed by atoms with van der Waals surface area (Å²) in [6, 6.07) is 7.17. The monoisotopic (exact) mass is 397 g/mol. The first kappa shape index (κ1) is 20.4. The van der Waals surface area contributed by atoms with Gasteiger partial charge in [0, 0.05) is 24.1 Å².